The van der Waals surface area contributed by atoms with E-state index in [0.717, 1.165) is 58.5 Å². The van der Waals surface area contributed by atoms with E-state index in [1.54, 1.807) is 19.2 Å². The number of hydrogen-bond donors (Lipinski definition) is 3. The highest BCUT2D eigenvalue weighted by molar-refractivity contribution is 5.84. The molecule has 0 aliphatic carbocycles. The molecular weight excluding hydrogens is 456 g/mol. The minimum Gasteiger partial charge on any atom is -0.449 e. The highest BCUT2D eigenvalue weighted by atomic mass is 16.7. The number of imidazole rings is 1. The third-order valence-electron chi connectivity index (χ3n) is 6.00. The van der Waals surface area contributed by atoms with Crippen molar-refractivity contribution in [2.75, 3.05) is 18.9 Å². The monoisotopic (exact) mass is 486 g/mol. The molecule has 0 spiro atoms. The number of carboxylic acid groups (broad SMARTS) is 1. The fourth-order valence-corrected chi connectivity index (χ4v) is 4.12. The molecule has 186 valence electrons. The van der Waals surface area contributed by atoms with Crippen LogP contribution < -0.4 is 15.4 Å². The van der Waals surface area contributed by atoms with E-state index in [2.05, 4.69) is 22.1 Å². The number of hydrogen-bond acceptors (Lipinski definition) is 5. The van der Waals surface area contributed by atoms with E-state index in [1.165, 1.54) is 0 Å². The standard InChI is InChI=1S/C28H30N4O4/c1-3-4-9-26-31-23-15-14-21(30-17-27(33)29-2)16-24(23)32(26)18-19-10-12-20(13-11-19)22-7-5-6-8-25(22)36-28(34)35/h5-8,10-16,30H,3-4,9,17-18H2,1-2H3,(H,29,33)(H,34,35). The summed E-state index contributed by atoms with van der Waals surface area (Å²) in [7, 11) is 1.62. The average Bonchev–Trinajstić information content (AvgIpc) is 3.22. The lowest BCUT2D eigenvalue weighted by Crippen LogP contribution is -2.26. The van der Waals surface area contributed by atoms with Crippen LogP contribution in [0.5, 0.6) is 5.75 Å². The van der Waals surface area contributed by atoms with Gasteiger partial charge in [-0.05, 0) is 41.8 Å². The Morgan fingerprint density at radius 2 is 1.83 bits per heavy atom. The number of unbranched alkanes of at least 4 members (excludes halogenated alkanes) is 1. The highest BCUT2D eigenvalue weighted by Gasteiger charge is 2.13. The van der Waals surface area contributed by atoms with Crippen LogP contribution in [0.3, 0.4) is 0 Å². The number of fused-ring (bicyclic) bond motifs is 1. The van der Waals surface area contributed by atoms with Crippen LogP contribution in [0.4, 0.5) is 10.5 Å². The molecule has 0 aliphatic rings. The lowest BCUT2D eigenvalue weighted by Gasteiger charge is -2.12. The third-order valence-corrected chi connectivity index (χ3v) is 6.00. The van der Waals surface area contributed by atoms with Crippen LogP contribution in [0.2, 0.25) is 0 Å². The molecule has 8 heteroatoms. The van der Waals surface area contributed by atoms with Crippen molar-refractivity contribution in [1.29, 1.82) is 0 Å². The van der Waals surface area contributed by atoms with E-state index in [1.807, 2.05) is 54.6 Å². The smallest absolute Gasteiger partial charge is 0.449 e. The second kappa shape index (κ2) is 11.4. The average molecular weight is 487 g/mol. The first-order chi connectivity index (χ1) is 17.5. The number of nitrogens with one attached hydrogen (secondary N) is 2. The Kier molecular flexibility index (Phi) is 7.85. The second-order valence-electron chi connectivity index (χ2n) is 8.51. The Hall–Kier alpha value is -4.33. The van der Waals surface area contributed by atoms with Gasteiger partial charge in [0.25, 0.3) is 0 Å². The Balaban J connectivity index is 1.63. The van der Waals surface area contributed by atoms with Crippen molar-refractivity contribution < 1.29 is 19.4 Å². The maximum atomic E-state index is 11.7. The van der Waals surface area contributed by atoms with E-state index in [-0.39, 0.29) is 12.5 Å². The number of aryl methyl sites for hydroxylation is 1. The first-order valence-electron chi connectivity index (χ1n) is 12.0. The number of rotatable bonds is 10. The molecule has 1 amide bonds. The predicted octanol–water partition coefficient (Wildman–Crippen LogP) is 5.31. The Labute approximate surface area is 209 Å². The number of amides is 1. The van der Waals surface area contributed by atoms with Crippen LogP contribution in [-0.2, 0) is 17.8 Å². The van der Waals surface area contributed by atoms with Gasteiger partial charge < -0.3 is 25.0 Å². The maximum absolute atomic E-state index is 11.7. The van der Waals surface area contributed by atoms with Crippen molar-refractivity contribution in [2.24, 2.45) is 0 Å². The zero-order valence-corrected chi connectivity index (χ0v) is 20.5. The molecule has 0 unspecified atom stereocenters. The van der Waals surface area contributed by atoms with Crippen LogP contribution in [0.1, 0.15) is 31.2 Å². The molecule has 36 heavy (non-hydrogen) atoms. The van der Waals surface area contributed by atoms with Gasteiger partial charge in [0.05, 0.1) is 17.6 Å². The van der Waals surface area contributed by atoms with Gasteiger partial charge in [-0.25, -0.2) is 9.78 Å². The summed E-state index contributed by atoms with van der Waals surface area (Å²) in [5.74, 6) is 1.25. The number of carbonyl (C=O) groups excluding carboxylic acids is 1. The lowest BCUT2D eigenvalue weighted by molar-refractivity contribution is -0.118. The van der Waals surface area contributed by atoms with E-state index < -0.39 is 6.16 Å². The normalized spacial score (nSPS) is 10.8. The van der Waals surface area contributed by atoms with Crippen molar-refractivity contribution >= 4 is 28.8 Å². The Morgan fingerprint density at radius 1 is 1.06 bits per heavy atom. The maximum Gasteiger partial charge on any atom is 0.511 e. The van der Waals surface area contributed by atoms with Crippen LogP contribution in [0, 0.1) is 0 Å². The van der Waals surface area contributed by atoms with Gasteiger partial charge in [0.2, 0.25) is 5.91 Å². The molecule has 1 aromatic heterocycles. The molecule has 0 fully saturated rings. The molecule has 8 nitrogen and oxygen atoms in total. The predicted molar refractivity (Wildman–Crippen MR) is 141 cm³/mol. The van der Waals surface area contributed by atoms with Gasteiger partial charge in [0.1, 0.15) is 11.6 Å². The first kappa shape index (κ1) is 24.8. The second-order valence-corrected chi connectivity index (χ2v) is 8.51. The van der Waals surface area contributed by atoms with Crippen LogP contribution in [0.25, 0.3) is 22.2 Å². The summed E-state index contributed by atoms with van der Waals surface area (Å²) in [4.78, 5) is 27.6. The largest absolute Gasteiger partial charge is 0.511 e. The van der Waals surface area contributed by atoms with Crippen molar-refractivity contribution in [1.82, 2.24) is 14.9 Å². The number of para-hydroxylation sites is 1. The molecule has 0 aliphatic heterocycles. The highest BCUT2D eigenvalue weighted by Crippen LogP contribution is 2.30. The van der Waals surface area contributed by atoms with Crippen LogP contribution >= 0.6 is 0 Å². The molecule has 0 bridgehead atoms. The van der Waals surface area contributed by atoms with Crippen LogP contribution in [-0.4, -0.2) is 40.3 Å². The molecule has 4 aromatic rings. The van der Waals surface area contributed by atoms with Gasteiger partial charge in [0.15, 0.2) is 0 Å². The van der Waals surface area contributed by atoms with Crippen LogP contribution in [0.15, 0.2) is 66.7 Å². The number of anilines is 1. The molecule has 3 aromatic carbocycles. The minimum atomic E-state index is -1.34. The number of nitrogens with zero attached hydrogens (tertiary/aromatic N) is 2. The van der Waals surface area contributed by atoms with Crippen molar-refractivity contribution in [2.45, 2.75) is 32.7 Å². The number of aromatic nitrogens is 2. The number of carbonyl (C=O) groups is 2. The summed E-state index contributed by atoms with van der Waals surface area (Å²) >= 11 is 0. The van der Waals surface area contributed by atoms with Gasteiger partial charge in [-0.1, -0.05) is 55.8 Å². The first-order valence-corrected chi connectivity index (χ1v) is 12.0. The van der Waals surface area contributed by atoms with E-state index in [4.69, 9.17) is 14.8 Å². The van der Waals surface area contributed by atoms with Crippen molar-refractivity contribution in [3.63, 3.8) is 0 Å². The minimum absolute atomic E-state index is 0.0809. The van der Waals surface area contributed by atoms with Gasteiger partial charge in [-0.3, -0.25) is 4.79 Å². The fraction of sp³-hybridized carbons (Fsp3) is 0.250. The number of benzene rings is 3. The SMILES string of the molecule is CCCCc1nc2ccc(NCC(=O)NC)cc2n1Cc1ccc(-c2ccccc2OC(=O)O)cc1. The van der Waals surface area contributed by atoms with Gasteiger partial charge in [0, 0.05) is 31.3 Å². The van der Waals surface area contributed by atoms with Gasteiger partial charge >= 0.3 is 6.16 Å². The van der Waals surface area contributed by atoms with E-state index >= 15 is 0 Å². The molecule has 3 N–H and O–H groups in total. The zero-order valence-electron chi connectivity index (χ0n) is 20.5. The summed E-state index contributed by atoms with van der Waals surface area (Å²) in [6.45, 7) is 3.01. The summed E-state index contributed by atoms with van der Waals surface area (Å²) in [6.07, 6.45) is 1.67. The molecular formula is C28H30N4O4. The zero-order chi connectivity index (χ0) is 25.5. The third kappa shape index (κ3) is 5.83. The molecule has 0 radical (unpaired) electrons. The molecule has 0 saturated heterocycles. The van der Waals surface area contributed by atoms with Gasteiger partial charge in [-0.15, -0.1) is 0 Å². The van der Waals surface area contributed by atoms with Gasteiger partial charge in [-0.2, -0.15) is 0 Å². The molecule has 0 saturated carbocycles. The lowest BCUT2D eigenvalue weighted by atomic mass is 10.0. The van der Waals surface area contributed by atoms with E-state index in [0.29, 0.717) is 12.3 Å². The quantitative estimate of drug-likeness (QED) is 0.207. The number of ether oxygens (including phenoxy) is 1. The summed E-state index contributed by atoms with van der Waals surface area (Å²) < 4.78 is 7.17. The Morgan fingerprint density at radius 3 is 2.56 bits per heavy atom. The topological polar surface area (TPSA) is 105 Å². The molecule has 0 atom stereocenters. The fourth-order valence-electron chi connectivity index (χ4n) is 4.12. The van der Waals surface area contributed by atoms with Crippen molar-refractivity contribution in [3.05, 3.63) is 78.1 Å². The molecule has 4 rings (SSSR count). The summed E-state index contributed by atoms with van der Waals surface area (Å²) in [5.41, 5.74) is 5.47. The summed E-state index contributed by atoms with van der Waals surface area (Å²) in [5, 5.41) is 14.8. The van der Waals surface area contributed by atoms with E-state index in [9.17, 15) is 9.59 Å². The summed E-state index contributed by atoms with van der Waals surface area (Å²) in [6, 6.07) is 21.1. The number of likely N-dealkylation sites (N-methyl/N-ethyl adjacent to an activating group) is 1. The Bertz CT molecular complexity index is 1360. The van der Waals surface area contributed by atoms with Crippen molar-refractivity contribution in [3.8, 4) is 16.9 Å². The molecule has 1 heterocycles.